The van der Waals surface area contributed by atoms with Gasteiger partial charge in [0.1, 0.15) is 5.60 Å². The number of hydrogen-bond acceptors (Lipinski definition) is 3. The zero-order chi connectivity index (χ0) is 11.6. The first-order chi connectivity index (χ1) is 7.69. The SMILES string of the molecule is CO[C@@]1(c2ccc(Cl)cc2)CCNC[C@H]1O. The van der Waals surface area contributed by atoms with Gasteiger partial charge < -0.3 is 15.2 Å². The van der Waals surface area contributed by atoms with E-state index in [1.165, 1.54) is 0 Å². The van der Waals surface area contributed by atoms with E-state index in [1.54, 1.807) is 7.11 Å². The first-order valence-corrected chi connectivity index (χ1v) is 5.77. The third-order valence-corrected chi connectivity index (χ3v) is 3.50. The smallest absolute Gasteiger partial charge is 0.121 e. The predicted molar refractivity (Wildman–Crippen MR) is 63.6 cm³/mol. The van der Waals surface area contributed by atoms with Crippen LogP contribution in [0, 0.1) is 0 Å². The average Bonchev–Trinajstić information content (AvgIpc) is 2.31. The molecule has 0 radical (unpaired) electrons. The fourth-order valence-corrected chi connectivity index (χ4v) is 2.40. The number of methoxy groups -OCH3 is 1. The molecule has 1 aromatic carbocycles. The molecule has 1 aliphatic rings. The highest BCUT2D eigenvalue weighted by Crippen LogP contribution is 2.34. The van der Waals surface area contributed by atoms with Crippen LogP contribution in [0.5, 0.6) is 0 Å². The molecule has 0 unspecified atom stereocenters. The van der Waals surface area contributed by atoms with Crippen molar-refractivity contribution in [2.75, 3.05) is 20.2 Å². The van der Waals surface area contributed by atoms with Crippen LogP contribution in [0.15, 0.2) is 24.3 Å². The van der Waals surface area contributed by atoms with Crippen molar-refractivity contribution in [1.29, 1.82) is 0 Å². The third kappa shape index (κ3) is 1.96. The number of benzene rings is 1. The highest BCUT2D eigenvalue weighted by atomic mass is 35.5. The Labute approximate surface area is 100 Å². The monoisotopic (exact) mass is 241 g/mol. The fourth-order valence-electron chi connectivity index (χ4n) is 2.27. The molecule has 4 heteroatoms. The maximum Gasteiger partial charge on any atom is 0.121 e. The third-order valence-electron chi connectivity index (χ3n) is 3.25. The normalized spacial score (nSPS) is 30.3. The molecule has 1 saturated heterocycles. The van der Waals surface area contributed by atoms with Crippen molar-refractivity contribution in [3.05, 3.63) is 34.9 Å². The molecule has 3 nitrogen and oxygen atoms in total. The van der Waals surface area contributed by atoms with Gasteiger partial charge in [-0.05, 0) is 30.7 Å². The summed E-state index contributed by atoms with van der Waals surface area (Å²) in [6, 6.07) is 7.49. The standard InChI is InChI=1S/C12H16ClNO2/c1-16-12(6-7-14-8-11(12)15)9-2-4-10(13)5-3-9/h2-5,11,14-15H,6-8H2,1H3/t11-,12-/m1/s1. The summed E-state index contributed by atoms with van der Waals surface area (Å²) in [5, 5.41) is 14.0. The van der Waals surface area contributed by atoms with Crippen molar-refractivity contribution in [2.24, 2.45) is 0 Å². The van der Waals surface area contributed by atoms with Gasteiger partial charge >= 0.3 is 0 Å². The van der Waals surface area contributed by atoms with E-state index in [4.69, 9.17) is 16.3 Å². The number of hydrogen-bond donors (Lipinski definition) is 2. The number of β-amino-alcohol motifs (C(OH)–C–C–N with tert-alkyl or cyclic N) is 1. The summed E-state index contributed by atoms with van der Waals surface area (Å²) >= 11 is 5.86. The predicted octanol–water partition coefficient (Wildman–Crippen LogP) is 1.54. The molecule has 0 aliphatic carbocycles. The fraction of sp³-hybridized carbons (Fsp3) is 0.500. The van der Waals surface area contributed by atoms with Gasteiger partial charge in [0.2, 0.25) is 0 Å². The Hall–Kier alpha value is -0.610. The summed E-state index contributed by atoms with van der Waals surface area (Å²) < 4.78 is 5.58. The lowest BCUT2D eigenvalue weighted by Crippen LogP contribution is -2.53. The zero-order valence-corrected chi connectivity index (χ0v) is 10.00. The van der Waals surface area contributed by atoms with Crippen LogP contribution in [0.4, 0.5) is 0 Å². The lowest BCUT2D eigenvalue weighted by Gasteiger charge is -2.41. The van der Waals surface area contributed by atoms with Crippen molar-refractivity contribution in [3.8, 4) is 0 Å². The van der Waals surface area contributed by atoms with Gasteiger partial charge in [0, 0.05) is 18.7 Å². The molecule has 0 spiro atoms. The van der Waals surface area contributed by atoms with Gasteiger partial charge in [-0.3, -0.25) is 0 Å². The van der Waals surface area contributed by atoms with E-state index in [9.17, 15) is 5.11 Å². The molecule has 1 aliphatic heterocycles. The maximum absolute atomic E-state index is 10.1. The maximum atomic E-state index is 10.1. The van der Waals surface area contributed by atoms with Crippen molar-refractivity contribution in [2.45, 2.75) is 18.1 Å². The molecule has 1 aromatic rings. The van der Waals surface area contributed by atoms with Gasteiger partial charge in [-0.2, -0.15) is 0 Å². The highest BCUT2D eigenvalue weighted by Gasteiger charge is 2.41. The van der Waals surface area contributed by atoms with E-state index in [2.05, 4.69) is 5.32 Å². The molecule has 16 heavy (non-hydrogen) atoms. The molecule has 88 valence electrons. The second-order valence-electron chi connectivity index (χ2n) is 4.07. The summed E-state index contributed by atoms with van der Waals surface area (Å²) in [6.07, 6.45) is 0.221. The largest absolute Gasteiger partial charge is 0.388 e. The lowest BCUT2D eigenvalue weighted by atomic mass is 9.82. The summed E-state index contributed by atoms with van der Waals surface area (Å²) in [5.74, 6) is 0. The molecule has 0 aromatic heterocycles. The van der Waals surface area contributed by atoms with Crippen molar-refractivity contribution < 1.29 is 9.84 Å². The van der Waals surface area contributed by atoms with E-state index >= 15 is 0 Å². The number of nitrogens with one attached hydrogen (secondary N) is 1. The molecular weight excluding hydrogens is 226 g/mol. The Kier molecular flexibility index (Phi) is 3.50. The summed E-state index contributed by atoms with van der Waals surface area (Å²) in [4.78, 5) is 0. The van der Waals surface area contributed by atoms with Crippen molar-refractivity contribution >= 4 is 11.6 Å². The van der Waals surface area contributed by atoms with E-state index in [0.717, 1.165) is 18.5 Å². The number of aliphatic hydroxyl groups excluding tert-OH is 1. The first-order valence-electron chi connectivity index (χ1n) is 5.39. The van der Waals surface area contributed by atoms with Crippen LogP contribution in [0.25, 0.3) is 0 Å². The van der Waals surface area contributed by atoms with Gasteiger partial charge in [-0.25, -0.2) is 0 Å². The number of piperidine rings is 1. The van der Waals surface area contributed by atoms with Crippen LogP contribution < -0.4 is 5.32 Å². The summed E-state index contributed by atoms with van der Waals surface area (Å²) in [6.45, 7) is 1.39. The summed E-state index contributed by atoms with van der Waals surface area (Å²) in [7, 11) is 1.64. The van der Waals surface area contributed by atoms with Gasteiger partial charge in [0.15, 0.2) is 0 Å². The van der Waals surface area contributed by atoms with Crippen LogP contribution in [-0.4, -0.2) is 31.4 Å². The quantitative estimate of drug-likeness (QED) is 0.825. The van der Waals surface area contributed by atoms with Crippen LogP contribution in [0.1, 0.15) is 12.0 Å². The minimum absolute atomic E-state index is 0.535. The van der Waals surface area contributed by atoms with E-state index < -0.39 is 11.7 Å². The van der Waals surface area contributed by atoms with Crippen LogP contribution in [-0.2, 0) is 10.3 Å². The molecule has 0 amide bonds. The molecular formula is C12H16ClNO2. The van der Waals surface area contributed by atoms with Gasteiger partial charge in [-0.15, -0.1) is 0 Å². The van der Waals surface area contributed by atoms with Crippen LogP contribution in [0.2, 0.25) is 5.02 Å². The minimum Gasteiger partial charge on any atom is -0.388 e. The molecule has 2 rings (SSSR count). The second kappa shape index (κ2) is 4.72. The van der Waals surface area contributed by atoms with E-state index in [0.29, 0.717) is 11.6 Å². The summed E-state index contributed by atoms with van der Waals surface area (Å²) in [5.41, 5.74) is 0.379. The number of ether oxygens (including phenoxy) is 1. The Morgan fingerprint density at radius 2 is 2.12 bits per heavy atom. The second-order valence-corrected chi connectivity index (χ2v) is 4.51. The van der Waals surface area contributed by atoms with Gasteiger partial charge in [0.25, 0.3) is 0 Å². The zero-order valence-electron chi connectivity index (χ0n) is 9.24. The van der Waals surface area contributed by atoms with Crippen LogP contribution in [0.3, 0.4) is 0 Å². The molecule has 0 bridgehead atoms. The van der Waals surface area contributed by atoms with Gasteiger partial charge in [0.05, 0.1) is 6.10 Å². The topological polar surface area (TPSA) is 41.5 Å². The molecule has 1 fully saturated rings. The Morgan fingerprint density at radius 3 is 2.69 bits per heavy atom. The Morgan fingerprint density at radius 1 is 1.44 bits per heavy atom. The molecule has 1 heterocycles. The molecule has 2 N–H and O–H groups in total. The lowest BCUT2D eigenvalue weighted by molar-refractivity contribution is -0.124. The Balaban J connectivity index is 2.36. The first kappa shape index (κ1) is 11.9. The minimum atomic E-state index is -0.601. The van der Waals surface area contributed by atoms with Crippen molar-refractivity contribution in [1.82, 2.24) is 5.32 Å². The van der Waals surface area contributed by atoms with E-state index in [-0.39, 0.29) is 0 Å². The molecule has 0 saturated carbocycles. The Bertz CT molecular complexity index is 355. The van der Waals surface area contributed by atoms with Crippen molar-refractivity contribution in [3.63, 3.8) is 0 Å². The van der Waals surface area contributed by atoms with Crippen LogP contribution >= 0.6 is 11.6 Å². The van der Waals surface area contributed by atoms with E-state index in [1.807, 2.05) is 24.3 Å². The number of aliphatic hydroxyl groups is 1. The molecule has 2 atom stereocenters. The average molecular weight is 242 g/mol. The van der Waals surface area contributed by atoms with Gasteiger partial charge in [-0.1, -0.05) is 23.7 Å². The number of halogens is 1. The number of rotatable bonds is 2. The highest BCUT2D eigenvalue weighted by molar-refractivity contribution is 6.30.